The van der Waals surface area contributed by atoms with Crippen LogP contribution < -0.4 is 5.32 Å². The smallest absolute Gasteiger partial charge is 0.274 e. The summed E-state index contributed by atoms with van der Waals surface area (Å²) in [6.45, 7) is 5.09. The molecule has 2 amide bonds. The number of hydrogen-bond donors (Lipinski definition) is 2. The van der Waals surface area contributed by atoms with Crippen LogP contribution in [0.1, 0.15) is 40.4 Å². The Morgan fingerprint density at radius 2 is 2.11 bits per heavy atom. The van der Waals surface area contributed by atoms with Gasteiger partial charge in [0.2, 0.25) is 0 Å². The highest BCUT2D eigenvalue weighted by Crippen LogP contribution is 2.15. The predicted molar refractivity (Wildman–Crippen MR) is 96.5 cm³/mol. The van der Waals surface area contributed by atoms with Gasteiger partial charge in [0.1, 0.15) is 11.5 Å². The van der Waals surface area contributed by atoms with Crippen molar-refractivity contribution >= 4 is 11.8 Å². The van der Waals surface area contributed by atoms with Gasteiger partial charge in [0.15, 0.2) is 5.69 Å². The SMILES string of the molecule is CC(C)CN(Cc1ccc(F)cc1)C(=O)c1cc2n(n1)C[C@H](O)CNC2=O. The molecule has 0 unspecified atom stereocenters. The number of halogens is 1. The fourth-order valence-corrected chi connectivity index (χ4v) is 3.04. The molecule has 3 rings (SSSR count). The molecule has 0 saturated heterocycles. The van der Waals surface area contributed by atoms with E-state index in [1.165, 1.54) is 22.9 Å². The van der Waals surface area contributed by atoms with E-state index in [0.29, 0.717) is 13.1 Å². The number of β-amino-alcohol motifs (C(OH)–C–C–N with tert-alkyl or cyclic N) is 1. The summed E-state index contributed by atoms with van der Waals surface area (Å²) in [6.07, 6.45) is -0.760. The Bertz CT molecular complexity index is 832. The number of fused-ring (bicyclic) bond motifs is 1. The average molecular weight is 374 g/mol. The molecule has 2 N–H and O–H groups in total. The minimum atomic E-state index is -0.760. The molecule has 1 aliphatic rings. The van der Waals surface area contributed by atoms with Gasteiger partial charge in [-0.3, -0.25) is 14.3 Å². The highest BCUT2D eigenvalue weighted by atomic mass is 19.1. The number of rotatable bonds is 5. The second kappa shape index (κ2) is 7.87. The molecule has 0 spiro atoms. The van der Waals surface area contributed by atoms with Crippen molar-refractivity contribution in [3.8, 4) is 0 Å². The molecular weight excluding hydrogens is 351 g/mol. The van der Waals surface area contributed by atoms with Crippen LogP contribution in [0.4, 0.5) is 4.39 Å². The lowest BCUT2D eigenvalue weighted by Gasteiger charge is -2.24. The van der Waals surface area contributed by atoms with Crippen LogP contribution >= 0.6 is 0 Å². The Morgan fingerprint density at radius 3 is 2.78 bits per heavy atom. The molecule has 1 aromatic heterocycles. The highest BCUT2D eigenvalue weighted by Gasteiger charge is 2.26. The predicted octanol–water partition coefficient (Wildman–Crippen LogP) is 1.42. The molecule has 0 saturated carbocycles. The second-order valence-corrected chi connectivity index (χ2v) is 7.17. The van der Waals surface area contributed by atoms with Gasteiger partial charge in [0.25, 0.3) is 11.8 Å². The Kier molecular flexibility index (Phi) is 5.55. The molecule has 1 atom stereocenters. The third-order valence-electron chi connectivity index (χ3n) is 4.27. The van der Waals surface area contributed by atoms with Crippen LogP contribution in [0.5, 0.6) is 0 Å². The number of aliphatic hydroxyl groups excluding tert-OH is 1. The van der Waals surface area contributed by atoms with Gasteiger partial charge in [-0.25, -0.2) is 4.39 Å². The lowest BCUT2D eigenvalue weighted by atomic mass is 10.1. The summed E-state index contributed by atoms with van der Waals surface area (Å²) in [5.41, 5.74) is 1.21. The molecular formula is C19H23FN4O3. The fraction of sp³-hybridized carbons (Fsp3) is 0.421. The van der Waals surface area contributed by atoms with Crippen molar-refractivity contribution in [2.75, 3.05) is 13.1 Å². The summed E-state index contributed by atoms with van der Waals surface area (Å²) in [5, 5.41) is 16.7. The average Bonchev–Trinajstić information content (AvgIpc) is 2.98. The minimum Gasteiger partial charge on any atom is -0.389 e. The summed E-state index contributed by atoms with van der Waals surface area (Å²) in [7, 11) is 0. The Balaban J connectivity index is 1.85. The molecule has 2 aromatic rings. The van der Waals surface area contributed by atoms with Crippen LogP contribution in [0.15, 0.2) is 30.3 Å². The number of aromatic nitrogens is 2. The third kappa shape index (κ3) is 4.51. The van der Waals surface area contributed by atoms with E-state index in [1.54, 1.807) is 17.0 Å². The monoisotopic (exact) mass is 374 g/mol. The second-order valence-electron chi connectivity index (χ2n) is 7.17. The van der Waals surface area contributed by atoms with Crippen molar-refractivity contribution in [2.45, 2.75) is 33.0 Å². The van der Waals surface area contributed by atoms with Crippen molar-refractivity contribution in [3.63, 3.8) is 0 Å². The first-order valence-electron chi connectivity index (χ1n) is 8.91. The summed E-state index contributed by atoms with van der Waals surface area (Å²) < 4.78 is 14.5. The molecule has 144 valence electrons. The zero-order valence-electron chi connectivity index (χ0n) is 15.4. The maximum Gasteiger partial charge on any atom is 0.274 e. The molecule has 1 aromatic carbocycles. The van der Waals surface area contributed by atoms with Gasteiger partial charge in [-0.1, -0.05) is 26.0 Å². The first-order valence-corrected chi connectivity index (χ1v) is 8.91. The fourth-order valence-electron chi connectivity index (χ4n) is 3.04. The minimum absolute atomic E-state index is 0.142. The van der Waals surface area contributed by atoms with Gasteiger partial charge >= 0.3 is 0 Å². The van der Waals surface area contributed by atoms with Gasteiger partial charge in [0.05, 0.1) is 12.6 Å². The van der Waals surface area contributed by atoms with E-state index in [4.69, 9.17) is 0 Å². The van der Waals surface area contributed by atoms with Crippen molar-refractivity contribution in [1.29, 1.82) is 0 Å². The lowest BCUT2D eigenvalue weighted by molar-refractivity contribution is 0.0714. The Hall–Kier alpha value is -2.74. The van der Waals surface area contributed by atoms with Gasteiger partial charge < -0.3 is 15.3 Å². The van der Waals surface area contributed by atoms with Crippen molar-refractivity contribution in [1.82, 2.24) is 20.0 Å². The molecule has 7 nitrogen and oxygen atoms in total. The van der Waals surface area contributed by atoms with Gasteiger partial charge in [-0.15, -0.1) is 0 Å². The van der Waals surface area contributed by atoms with E-state index in [9.17, 15) is 19.1 Å². The largest absolute Gasteiger partial charge is 0.389 e. The Labute approximate surface area is 156 Å². The standard InChI is InChI=1S/C19H23FN4O3/c1-12(2)9-23(10-13-3-5-14(20)6-4-13)19(27)16-7-17-18(26)21-8-15(25)11-24(17)22-16/h3-7,12,15,25H,8-11H2,1-2H3,(H,21,26)/t15-/m1/s1. The molecule has 1 aliphatic heterocycles. The number of carbonyl (C=O) groups is 2. The maximum absolute atomic E-state index is 13.1. The molecule has 0 aliphatic carbocycles. The molecule has 2 heterocycles. The summed E-state index contributed by atoms with van der Waals surface area (Å²) >= 11 is 0. The number of hydrogen-bond acceptors (Lipinski definition) is 4. The molecule has 0 fully saturated rings. The highest BCUT2D eigenvalue weighted by molar-refractivity contribution is 5.98. The molecule has 0 radical (unpaired) electrons. The summed E-state index contributed by atoms with van der Waals surface area (Å²) in [5.74, 6) is -0.786. The van der Waals surface area contributed by atoms with Crippen LogP contribution in [0.3, 0.4) is 0 Å². The van der Waals surface area contributed by atoms with Crippen molar-refractivity contribution in [2.24, 2.45) is 5.92 Å². The molecule has 0 bridgehead atoms. The van der Waals surface area contributed by atoms with Crippen LogP contribution in [0.25, 0.3) is 0 Å². The quantitative estimate of drug-likeness (QED) is 0.829. The number of benzene rings is 1. The topological polar surface area (TPSA) is 87.5 Å². The van der Waals surface area contributed by atoms with Crippen LogP contribution in [-0.2, 0) is 13.1 Å². The van der Waals surface area contributed by atoms with Crippen LogP contribution in [0, 0.1) is 11.7 Å². The molecule has 8 heteroatoms. The van der Waals surface area contributed by atoms with Gasteiger partial charge in [-0.05, 0) is 23.6 Å². The number of nitrogens with zero attached hydrogens (tertiary/aromatic N) is 3. The number of nitrogens with one attached hydrogen (secondary N) is 1. The Morgan fingerprint density at radius 1 is 1.41 bits per heavy atom. The summed E-state index contributed by atoms with van der Waals surface area (Å²) in [4.78, 5) is 26.8. The normalized spacial score (nSPS) is 16.6. The number of amides is 2. The first kappa shape index (κ1) is 19.0. The lowest BCUT2D eigenvalue weighted by Crippen LogP contribution is -2.34. The summed E-state index contributed by atoms with van der Waals surface area (Å²) in [6, 6.07) is 7.45. The zero-order chi connectivity index (χ0) is 19.6. The van der Waals surface area contributed by atoms with Gasteiger partial charge in [-0.2, -0.15) is 5.10 Å². The van der Waals surface area contributed by atoms with E-state index < -0.39 is 6.10 Å². The first-order chi connectivity index (χ1) is 12.8. The van der Waals surface area contributed by atoms with E-state index in [-0.39, 0.29) is 48.0 Å². The van der Waals surface area contributed by atoms with E-state index >= 15 is 0 Å². The van der Waals surface area contributed by atoms with Crippen LogP contribution in [0.2, 0.25) is 0 Å². The van der Waals surface area contributed by atoms with E-state index in [2.05, 4.69) is 10.4 Å². The van der Waals surface area contributed by atoms with E-state index in [0.717, 1.165) is 5.56 Å². The third-order valence-corrected chi connectivity index (χ3v) is 4.27. The number of carbonyl (C=O) groups excluding carboxylic acids is 2. The number of aliphatic hydroxyl groups is 1. The van der Waals surface area contributed by atoms with Crippen molar-refractivity contribution < 1.29 is 19.1 Å². The molecule has 27 heavy (non-hydrogen) atoms. The zero-order valence-corrected chi connectivity index (χ0v) is 15.4. The van der Waals surface area contributed by atoms with Gasteiger partial charge in [0, 0.05) is 25.7 Å². The van der Waals surface area contributed by atoms with Crippen molar-refractivity contribution in [3.05, 3.63) is 53.1 Å². The maximum atomic E-state index is 13.1. The van der Waals surface area contributed by atoms with Crippen LogP contribution in [-0.4, -0.2) is 50.8 Å². The van der Waals surface area contributed by atoms with E-state index in [1.807, 2.05) is 13.8 Å².